The van der Waals surface area contributed by atoms with Gasteiger partial charge >= 0.3 is 0 Å². The zero-order valence-corrected chi connectivity index (χ0v) is 11.1. The van der Waals surface area contributed by atoms with Crippen molar-refractivity contribution in [2.45, 2.75) is 39.5 Å². The van der Waals surface area contributed by atoms with E-state index in [9.17, 15) is 4.79 Å². The lowest BCUT2D eigenvalue weighted by molar-refractivity contribution is 0.0899. The van der Waals surface area contributed by atoms with Crippen LogP contribution in [0.4, 0.5) is 0 Å². The number of aryl methyl sites for hydroxylation is 1. The second kappa shape index (κ2) is 4.14. The van der Waals surface area contributed by atoms with E-state index in [0.29, 0.717) is 5.78 Å². The average molecular weight is 228 g/mol. The van der Waals surface area contributed by atoms with E-state index < -0.39 is 0 Å². The van der Waals surface area contributed by atoms with Crippen LogP contribution in [0.3, 0.4) is 0 Å². The SMILES string of the molecule is C/C=C/C[C@@H]1C(=O)c2cc(C)ccc2C1(C)C. The van der Waals surface area contributed by atoms with Crippen molar-refractivity contribution in [3.8, 4) is 0 Å². The molecule has 1 nitrogen and oxygen atoms in total. The van der Waals surface area contributed by atoms with Gasteiger partial charge in [-0.3, -0.25) is 4.79 Å². The molecule has 1 aliphatic carbocycles. The Hall–Kier alpha value is -1.37. The van der Waals surface area contributed by atoms with E-state index in [0.717, 1.165) is 12.0 Å². The van der Waals surface area contributed by atoms with E-state index in [1.807, 2.05) is 26.0 Å². The Morgan fingerprint density at radius 3 is 2.71 bits per heavy atom. The number of allylic oxidation sites excluding steroid dienone is 2. The molecule has 0 fully saturated rings. The minimum absolute atomic E-state index is 0.0420. The molecule has 0 saturated carbocycles. The molecule has 1 heteroatoms. The predicted octanol–water partition coefficient (Wildman–Crippen LogP) is 4.05. The fourth-order valence-electron chi connectivity index (χ4n) is 2.80. The molecule has 1 aromatic carbocycles. The van der Waals surface area contributed by atoms with Crippen molar-refractivity contribution in [1.82, 2.24) is 0 Å². The van der Waals surface area contributed by atoms with Crippen LogP contribution in [0.15, 0.2) is 30.4 Å². The Bertz CT molecular complexity index is 480. The molecule has 0 radical (unpaired) electrons. The van der Waals surface area contributed by atoms with Crippen molar-refractivity contribution < 1.29 is 4.79 Å². The lowest BCUT2D eigenvalue weighted by Gasteiger charge is -2.26. The molecule has 1 aromatic rings. The van der Waals surface area contributed by atoms with Crippen LogP contribution in [0.2, 0.25) is 0 Å². The van der Waals surface area contributed by atoms with Gasteiger partial charge in [-0.2, -0.15) is 0 Å². The summed E-state index contributed by atoms with van der Waals surface area (Å²) in [6.07, 6.45) is 4.97. The number of hydrogen-bond acceptors (Lipinski definition) is 1. The quantitative estimate of drug-likeness (QED) is 0.698. The van der Waals surface area contributed by atoms with Gasteiger partial charge in [0, 0.05) is 16.9 Å². The topological polar surface area (TPSA) is 17.1 Å². The van der Waals surface area contributed by atoms with Crippen LogP contribution < -0.4 is 0 Å². The van der Waals surface area contributed by atoms with Crippen LogP contribution in [-0.2, 0) is 5.41 Å². The number of benzene rings is 1. The van der Waals surface area contributed by atoms with E-state index in [1.54, 1.807) is 0 Å². The van der Waals surface area contributed by atoms with Crippen LogP contribution >= 0.6 is 0 Å². The summed E-state index contributed by atoms with van der Waals surface area (Å²) in [7, 11) is 0. The molecule has 0 N–H and O–H groups in total. The van der Waals surface area contributed by atoms with E-state index in [2.05, 4.69) is 32.1 Å². The maximum absolute atomic E-state index is 12.4. The van der Waals surface area contributed by atoms with Gasteiger partial charge in [-0.1, -0.05) is 43.7 Å². The molecular weight excluding hydrogens is 208 g/mol. The van der Waals surface area contributed by atoms with E-state index in [-0.39, 0.29) is 11.3 Å². The zero-order valence-electron chi connectivity index (χ0n) is 11.1. The van der Waals surface area contributed by atoms with Gasteiger partial charge in [0.25, 0.3) is 0 Å². The monoisotopic (exact) mass is 228 g/mol. The third-order valence-corrected chi connectivity index (χ3v) is 3.93. The summed E-state index contributed by atoms with van der Waals surface area (Å²) in [5.74, 6) is 0.405. The zero-order chi connectivity index (χ0) is 12.6. The third kappa shape index (κ3) is 1.84. The van der Waals surface area contributed by atoms with Crippen molar-refractivity contribution in [2.24, 2.45) is 5.92 Å². The summed E-state index contributed by atoms with van der Waals surface area (Å²) in [5.41, 5.74) is 3.27. The Morgan fingerprint density at radius 2 is 2.06 bits per heavy atom. The molecule has 2 rings (SSSR count). The van der Waals surface area contributed by atoms with E-state index in [1.165, 1.54) is 11.1 Å². The van der Waals surface area contributed by atoms with Gasteiger partial charge in [-0.25, -0.2) is 0 Å². The summed E-state index contributed by atoms with van der Waals surface area (Å²) in [6, 6.07) is 6.26. The maximum atomic E-state index is 12.4. The number of hydrogen-bond donors (Lipinski definition) is 0. The largest absolute Gasteiger partial charge is 0.294 e. The standard InChI is InChI=1S/C16H20O/c1-5-6-7-14-15(17)12-10-11(2)8-9-13(12)16(14,3)4/h5-6,8-10,14H,7H2,1-4H3/b6-5+/t14-/m1/s1. The second-order valence-corrected chi connectivity index (χ2v) is 5.49. The van der Waals surface area contributed by atoms with Crippen LogP contribution in [0.5, 0.6) is 0 Å². The van der Waals surface area contributed by atoms with Gasteiger partial charge in [0.2, 0.25) is 0 Å². The highest BCUT2D eigenvalue weighted by atomic mass is 16.1. The molecule has 0 bridgehead atoms. The van der Waals surface area contributed by atoms with Gasteiger partial charge in [0.15, 0.2) is 5.78 Å². The summed E-state index contributed by atoms with van der Waals surface area (Å²) in [4.78, 5) is 12.4. The molecule has 90 valence electrons. The molecule has 0 aromatic heterocycles. The van der Waals surface area contributed by atoms with Crippen molar-refractivity contribution in [2.75, 3.05) is 0 Å². The first-order valence-corrected chi connectivity index (χ1v) is 6.25. The van der Waals surface area contributed by atoms with Crippen LogP contribution in [0.25, 0.3) is 0 Å². The maximum Gasteiger partial charge on any atom is 0.167 e. The number of Topliss-reactive ketones (excluding diaryl/α,β-unsaturated/α-hetero) is 1. The first-order chi connectivity index (χ1) is 7.98. The summed E-state index contributed by atoms with van der Waals surface area (Å²) in [6.45, 7) is 8.41. The molecule has 17 heavy (non-hydrogen) atoms. The Labute approximate surface area is 104 Å². The van der Waals surface area contributed by atoms with Gasteiger partial charge in [-0.15, -0.1) is 0 Å². The molecular formula is C16H20O. The third-order valence-electron chi connectivity index (χ3n) is 3.93. The summed E-state index contributed by atoms with van der Waals surface area (Å²) >= 11 is 0. The number of ketones is 1. The molecule has 0 heterocycles. The average Bonchev–Trinajstić information content (AvgIpc) is 2.45. The smallest absolute Gasteiger partial charge is 0.167 e. The van der Waals surface area contributed by atoms with Crippen molar-refractivity contribution in [3.05, 3.63) is 47.0 Å². The summed E-state index contributed by atoms with van der Waals surface area (Å²) < 4.78 is 0. The molecule has 0 saturated heterocycles. The van der Waals surface area contributed by atoms with Gasteiger partial charge in [-0.05, 0) is 31.9 Å². The molecule has 0 unspecified atom stereocenters. The van der Waals surface area contributed by atoms with Gasteiger partial charge in [0.1, 0.15) is 0 Å². The van der Waals surface area contributed by atoms with E-state index in [4.69, 9.17) is 0 Å². The van der Waals surface area contributed by atoms with Crippen molar-refractivity contribution >= 4 is 5.78 Å². The molecule has 0 aliphatic heterocycles. The van der Waals surface area contributed by atoms with Crippen LogP contribution in [0, 0.1) is 12.8 Å². The number of rotatable bonds is 2. The minimum atomic E-state index is -0.0420. The van der Waals surface area contributed by atoms with Crippen molar-refractivity contribution in [1.29, 1.82) is 0 Å². The Kier molecular flexibility index (Phi) is 2.94. The minimum Gasteiger partial charge on any atom is -0.294 e. The fraction of sp³-hybridized carbons (Fsp3) is 0.438. The fourth-order valence-corrected chi connectivity index (χ4v) is 2.80. The first-order valence-electron chi connectivity index (χ1n) is 6.25. The lowest BCUT2D eigenvalue weighted by Crippen LogP contribution is -2.26. The highest BCUT2D eigenvalue weighted by molar-refractivity contribution is 6.04. The predicted molar refractivity (Wildman–Crippen MR) is 71.5 cm³/mol. The van der Waals surface area contributed by atoms with E-state index >= 15 is 0 Å². The van der Waals surface area contributed by atoms with Gasteiger partial charge in [0.05, 0.1) is 0 Å². The Morgan fingerprint density at radius 1 is 1.35 bits per heavy atom. The highest BCUT2D eigenvalue weighted by Gasteiger charge is 2.44. The second-order valence-electron chi connectivity index (χ2n) is 5.49. The lowest BCUT2D eigenvalue weighted by atomic mass is 9.76. The Balaban J connectivity index is 2.48. The summed E-state index contributed by atoms with van der Waals surface area (Å²) in [5, 5.41) is 0. The first kappa shape index (κ1) is 12.1. The molecule has 0 spiro atoms. The van der Waals surface area contributed by atoms with Crippen LogP contribution in [-0.4, -0.2) is 5.78 Å². The van der Waals surface area contributed by atoms with Gasteiger partial charge < -0.3 is 0 Å². The number of carbonyl (C=O) groups excluding carboxylic acids is 1. The highest BCUT2D eigenvalue weighted by Crippen LogP contribution is 2.44. The number of carbonyl (C=O) groups is 1. The molecule has 1 aliphatic rings. The molecule has 0 amide bonds. The number of fused-ring (bicyclic) bond motifs is 1. The van der Waals surface area contributed by atoms with Crippen molar-refractivity contribution in [3.63, 3.8) is 0 Å². The normalized spacial score (nSPS) is 22.1. The van der Waals surface area contributed by atoms with Crippen LogP contribution in [0.1, 0.15) is 48.7 Å². The molecule has 1 atom stereocenters.